The highest BCUT2D eigenvalue weighted by Crippen LogP contribution is 2.22. The van der Waals surface area contributed by atoms with Gasteiger partial charge >= 0.3 is 0 Å². The lowest BCUT2D eigenvalue weighted by atomic mass is 10.1. The van der Waals surface area contributed by atoms with Gasteiger partial charge in [0, 0.05) is 19.3 Å². The SMILES string of the molecule is CCCCN(C)C(=O)c1ccc(Nc2cccc(C)c2C)cn1. The molecule has 2 aromatic rings. The number of carbonyl (C=O) groups is 1. The van der Waals surface area contributed by atoms with E-state index in [0.717, 1.165) is 30.8 Å². The molecule has 0 aliphatic rings. The minimum Gasteiger partial charge on any atom is -0.354 e. The van der Waals surface area contributed by atoms with Crippen LogP contribution >= 0.6 is 0 Å². The zero-order valence-electron chi connectivity index (χ0n) is 14.4. The molecule has 1 aromatic carbocycles. The Balaban J connectivity index is 2.07. The topological polar surface area (TPSA) is 45.2 Å². The quantitative estimate of drug-likeness (QED) is 0.864. The Morgan fingerprint density at radius 2 is 2.00 bits per heavy atom. The molecule has 0 radical (unpaired) electrons. The fourth-order valence-electron chi connectivity index (χ4n) is 2.33. The van der Waals surface area contributed by atoms with Crippen molar-refractivity contribution in [3.63, 3.8) is 0 Å². The minimum atomic E-state index is -0.0308. The fraction of sp³-hybridized carbons (Fsp3) is 0.368. The van der Waals surface area contributed by atoms with E-state index in [1.807, 2.05) is 25.2 Å². The summed E-state index contributed by atoms with van der Waals surface area (Å²) in [5.74, 6) is -0.0308. The summed E-state index contributed by atoms with van der Waals surface area (Å²) in [5, 5.41) is 3.36. The number of nitrogens with one attached hydrogen (secondary N) is 1. The second-order valence-corrected chi connectivity index (χ2v) is 5.88. The molecule has 4 nitrogen and oxygen atoms in total. The minimum absolute atomic E-state index is 0.0308. The second-order valence-electron chi connectivity index (χ2n) is 5.88. The summed E-state index contributed by atoms with van der Waals surface area (Å²) in [5.41, 5.74) is 4.88. The molecule has 23 heavy (non-hydrogen) atoms. The van der Waals surface area contributed by atoms with Gasteiger partial charge in [0.05, 0.1) is 11.9 Å². The molecule has 0 saturated heterocycles. The Kier molecular flexibility index (Phi) is 5.74. The third-order valence-electron chi connectivity index (χ3n) is 4.06. The van der Waals surface area contributed by atoms with E-state index in [0.29, 0.717) is 5.69 Å². The highest BCUT2D eigenvalue weighted by Gasteiger charge is 2.12. The van der Waals surface area contributed by atoms with Crippen LogP contribution in [-0.2, 0) is 0 Å². The molecule has 0 saturated carbocycles. The predicted molar refractivity (Wildman–Crippen MR) is 95.3 cm³/mol. The van der Waals surface area contributed by atoms with Crippen molar-refractivity contribution in [2.45, 2.75) is 33.6 Å². The van der Waals surface area contributed by atoms with Crippen LogP contribution in [0.1, 0.15) is 41.4 Å². The maximum atomic E-state index is 12.3. The van der Waals surface area contributed by atoms with Crippen LogP contribution in [0, 0.1) is 13.8 Å². The van der Waals surface area contributed by atoms with Crippen LogP contribution in [0.3, 0.4) is 0 Å². The number of carbonyl (C=O) groups excluding carboxylic acids is 1. The first-order valence-electron chi connectivity index (χ1n) is 8.07. The summed E-state index contributed by atoms with van der Waals surface area (Å²) in [6.45, 7) is 7.06. The van der Waals surface area contributed by atoms with Gasteiger partial charge in [0.1, 0.15) is 5.69 Å². The van der Waals surface area contributed by atoms with Crippen LogP contribution < -0.4 is 5.32 Å². The average molecular weight is 311 g/mol. The van der Waals surface area contributed by atoms with Crippen LogP contribution in [-0.4, -0.2) is 29.4 Å². The molecular weight excluding hydrogens is 286 g/mol. The number of amides is 1. The number of anilines is 2. The monoisotopic (exact) mass is 311 g/mol. The van der Waals surface area contributed by atoms with E-state index < -0.39 is 0 Å². The molecule has 0 aliphatic carbocycles. The zero-order chi connectivity index (χ0) is 16.8. The molecule has 1 aromatic heterocycles. The van der Waals surface area contributed by atoms with Gasteiger partial charge in [0.25, 0.3) is 5.91 Å². The van der Waals surface area contributed by atoms with Gasteiger partial charge in [-0.2, -0.15) is 0 Å². The maximum absolute atomic E-state index is 12.3. The first-order chi connectivity index (χ1) is 11.0. The van der Waals surface area contributed by atoms with E-state index in [4.69, 9.17) is 0 Å². The van der Waals surface area contributed by atoms with Crippen molar-refractivity contribution in [2.75, 3.05) is 18.9 Å². The molecule has 4 heteroatoms. The molecule has 1 N–H and O–H groups in total. The van der Waals surface area contributed by atoms with Gasteiger partial charge < -0.3 is 10.2 Å². The number of unbranched alkanes of at least 4 members (excludes halogenated alkanes) is 1. The summed E-state index contributed by atoms with van der Waals surface area (Å²) in [4.78, 5) is 18.3. The normalized spacial score (nSPS) is 10.4. The van der Waals surface area contributed by atoms with Crippen LogP contribution in [0.5, 0.6) is 0 Å². The molecule has 1 amide bonds. The molecule has 1 heterocycles. The second kappa shape index (κ2) is 7.77. The Bertz CT molecular complexity index is 665. The van der Waals surface area contributed by atoms with Crippen LogP contribution in [0.2, 0.25) is 0 Å². The van der Waals surface area contributed by atoms with Gasteiger partial charge in [-0.1, -0.05) is 25.5 Å². The van der Waals surface area contributed by atoms with Gasteiger partial charge in [-0.3, -0.25) is 4.79 Å². The number of hydrogen-bond acceptors (Lipinski definition) is 3. The van der Waals surface area contributed by atoms with Crippen molar-refractivity contribution in [2.24, 2.45) is 0 Å². The first-order valence-corrected chi connectivity index (χ1v) is 8.07. The molecule has 0 aliphatic heterocycles. The molecular formula is C19H25N3O. The lowest BCUT2D eigenvalue weighted by Gasteiger charge is -2.16. The van der Waals surface area contributed by atoms with E-state index in [2.05, 4.69) is 37.1 Å². The van der Waals surface area contributed by atoms with Crippen LogP contribution in [0.25, 0.3) is 0 Å². The number of rotatable bonds is 6. The average Bonchev–Trinajstić information content (AvgIpc) is 2.57. The number of aromatic nitrogens is 1. The Hall–Kier alpha value is -2.36. The highest BCUT2D eigenvalue weighted by molar-refractivity contribution is 5.92. The molecule has 2 rings (SSSR count). The Morgan fingerprint density at radius 1 is 1.22 bits per heavy atom. The lowest BCUT2D eigenvalue weighted by Crippen LogP contribution is -2.28. The van der Waals surface area contributed by atoms with Crippen molar-refractivity contribution in [3.8, 4) is 0 Å². The third kappa shape index (κ3) is 4.31. The molecule has 0 spiro atoms. The number of aryl methyl sites for hydroxylation is 1. The van der Waals surface area contributed by atoms with Crippen molar-refractivity contribution in [1.29, 1.82) is 0 Å². The van der Waals surface area contributed by atoms with E-state index in [1.165, 1.54) is 11.1 Å². The third-order valence-corrected chi connectivity index (χ3v) is 4.06. The van der Waals surface area contributed by atoms with Gasteiger partial charge in [-0.05, 0) is 49.6 Å². The Morgan fingerprint density at radius 3 is 2.65 bits per heavy atom. The van der Waals surface area contributed by atoms with Gasteiger partial charge in [-0.25, -0.2) is 4.98 Å². The van der Waals surface area contributed by atoms with E-state index in [1.54, 1.807) is 17.2 Å². The maximum Gasteiger partial charge on any atom is 0.272 e. The summed E-state index contributed by atoms with van der Waals surface area (Å²) >= 11 is 0. The summed E-state index contributed by atoms with van der Waals surface area (Å²) in [7, 11) is 1.82. The van der Waals surface area contributed by atoms with Crippen molar-refractivity contribution in [1.82, 2.24) is 9.88 Å². The first kappa shape index (κ1) is 17.0. The molecule has 122 valence electrons. The fourth-order valence-corrected chi connectivity index (χ4v) is 2.33. The highest BCUT2D eigenvalue weighted by atomic mass is 16.2. The summed E-state index contributed by atoms with van der Waals surface area (Å²) < 4.78 is 0. The van der Waals surface area contributed by atoms with E-state index in [-0.39, 0.29) is 5.91 Å². The lowest BCUT2D eigenvalue weighted by molar-refractivity contribution is 0.0787. The number of benzene rings is 1. The number of nitrogens with zero attached hydrogens (tertiary/aromatic N) is 2. The van der Waals surface area contributed by atoms with Gasteiger partial charge in [-0.15, -0.1) is 0 Å². The van der Waals surface area contributed by atoms with Crippen molar-refractivity contribution >= 4 is 17.3 Å². The van der Waals surface area contributed by atoms with E-state index in [9.17, 15) is 4.79 Å². The molecule has 0 fully saturated rings. The smallest absolute Gasteiger partial charge is 0.272 e. The number of hydrogen-bond donors (Lipinski definition) is 1. The number of pyridine rings is 1. The van der Waals surface area contributed by atoms with Crippen LogP contribution in [0.15, 0.2) is 36.5 Å². The molecule has 0 atom stereocenters. The van der Waals surface area contributed by atoms with Gasteiger partial charge in [0.2, 0.25) is 0 Å². The van der Waals surface area contributed by atoms with Gasteiger partial charge in [0.15, 0.2) is 0 Å². The largest absolute Gasteiger partial charge is 0.354 e. The van der Waals surface area contributed by atoms with Crippen molar-refractivity contribution < 1.29 is 4.79 Å². The Labute approximate surface area is 138 Å². The van der Waals surface area contributed by atoms with Crippen LogP contribution in [0.4, 0.5) is 11.4 Å². The standard InChI is InChI=1S/C19H25N3O/c1-5-6-12-22(4)19(23)18-11-10-16(13-20-18)21-17-9-7-8-14(2)15(17)3/h7-11,13,21H,5-6,12H2,1-4H3. The summed E-state index contributed by atoms with van der Waals surface area (Å²) in [6, 6.07) is 9.83. The van der Waals surface area contributed by atoms with Crippen molar-refractivity contribution in [3.05, 3.63) is 53.3 Å². The molecule has 0 bridgehead atoms. The van der Waals surface area contributed by atoms with E-state index >= 15 is 0 Å². The predicted octanol–water partition coefficient (Wildman–Crippen LogP) is 4.31. The summed E-state index contributed by atoms with van der Waals surface area (Å²) in [6.07, 6.45) is 3.79. The molecule has 0 unspecified atom stereocenters. The zero-order valence-corrected chi connectivity index (χ0v) is 14.4.